The van der Waals surface area contributed by atoms with Crippen LogP contribution in [0.1, 0.15) is 20.8 Å². The molecule has 148 valence electrons. The third-order valence-corrected chi connectivity index (χ3v) is 6.13. The third-order valence-electron chi connectivity index (χ3n) is 4.97. The molecule has 0 spiro atoms. The van der Waals surface area contributed by atoms with Crippen molar-refractivity contribution < 1.29 is 13.6 Å². The van der Waals surface area contributed by atoms with Gasteiger partial charge in [-0.15, -0.1) is 11.3 Å². The van der Waals surface area contributed by atoms with Crippen molar-refractivity contribution in [3.05, 3.63) is 85.4 Å². The van der Waals surface area contributed by atoms with Gasteiger partial charge in [0.15, 0.2) is 0 Å². The van der Waals surface area contributed by atoms with E-state index in [0.29, 0.717) is 27.1 Å². The van der Waals surface area contributed by atoms with Crippen LogP contribution in [0.2, 0.25) is 0 Å². The van der Waals surface area contributed by atoms with E-state index in [4.69, 9.17) is 8.83 Å². The Morgan fingerprint density at radius 1 is 0.867 bits per heavy atom. The minimum Gasteiger partial charge on any atom is -0.423 e. The smallest absolute Gasteiger partial charge is 0.345 e. The Hall–Kier alpha value is -3.71. The molecule has 0 unspecified atom stereocenters. The molecule has 1 amide bonds. The van der Waals surface area contributed by atoms with Gasteiger partial charge in [0.2, 0.25) is 0 Å². The maximum Gasteiger partial charge on any atom is 0.345 e. The van der Waals surface area contributed by atoms with Crippen LogP contribution < -0.4 is 16.6 Å². The quantitative estimate of drug-likeness (QED) is 0.409. The first-order valence-corrected chi connectivity index (χ1v) is 10.0. The highest BCUT2D eigenvalue weighted by molar-refractivity contribution is 7.21. The first kappa shape index (κ1) is 18.3. The van der Waals surface area contributed by atoms with Gasteiger partial charge in [0, 0.05) is 28.6 Å². The van der Waals surface area contributed by atoms with Crippen LogP contribution in [0.15, 0.2) is 67.0 Å². The Bertz CT molecular complexity index is 1610. The summed E-state index contributed by atoms with van der Waals surface area (Å²) in [4.78, 5) is 37.2. The predicted molar refractivity (Wildman–Crippen MR) is 118 cm³/mol. The minimum absolute atomic E-state index is 0.356. The number of aryl methyl sites for hydroxylation is 2. The zero-order valence-corrected chi connectivity index (χ0v) is 16.9. The lowest BCUT2D eigenvalue weighted by molar-refractivity contribution is 0.103. The fourth-order valence-electron chi connectivity index (χ4n) is 3.52. The Labute approximate surface area is 173 Å². The van der Waals surface area contributed by atoms with Crippen LogP contribution in [0.25, 0.3) is 32.0 Å². The second kappa shape index (κ2) is 6.67. The van der Waals surface area contributed by atoms with Gasteiger partial charge >= 0.3 is 11.3 Å². The van der Waals surface area contributed by atoms with Gasteiger partial charge in [-0.25, -0.2) is 9.59 Å². The van der Waals surface area contributed by atoms with E-state index in [-0.39, 0.29) is 5.91 Å². The summed E-state index contributed by atoms with van der Waals surface area (Å²) in [6, 6.07) is 13.7. The van der Waals surface area contributed by atoms with Crippen molar-refractivity contribution in [3.63, 3.8) is 0 Å². The summed E-state index contributed by atoms with van der Waals surface area (Å²) in [5.41, 5.74) is 2.30. The fraction of sp³-hybridized carbons (Fsp3) is 0.0870. The van der Waals surface area contributed by atoms with E-state index < -0.39 is 11.3 Å². The van der Waals surface area contributed by atoms with E-state index >= 15 is 0 Å². The van der Waals surface area contributed by atoms with Crippen molar-refractivity contribution in [1.29, 1.82) is 0 Å². The molecular weight excluding hydrogens is 402 g/mol. The van der Waals surface area contributed by atoms with Crippen molar-refractivity contribution in [2.75, 3.05) is 5.32 Å². The number of amides is 1. The van der Waals surface area contributed by atoms with E-state index in [1.165, 1.54) is 17.4 Å². The number of hydrogen-bond acceptors (Lipinski definition) is 6. The van der Waals surface area contributed by atoms with Gasteiger partial charge in [-0.3, -0.25) is 4.79 Å². The molecular formula is C23H15NO5S. The maximum atomic E-state index is 12.8. The summed E-state index contributed by atoms with van der Waals surface area (Å²) >= 11 is 1.24. The number of fused-ring (bicyclic) bond motifs is 4. The van der Waals surface area contributed by atoms with E-state index in [1.54, 1.807) is 30.3 Å². The molecule has 3 heterocycles. The molecule has 5 aromatic rings. The molecule has 6 nitrogen and oxygen atoms in total. The molecule has 7 heteroatoms. The van der Waals surface area contributed by atoms with Crippen molar-refractivity contribution in [2.24, 2.45) is 0 Å². The number of anilines is 1. The van der Waals surface area contributed by atoms with Crippen molar-refractivity contribution in [3.8, 4) is 0 Å². The number of benzene rings is 2. The summed E-state index contributed by atoms with van der Waals surface area (Å²) in [7, 11) is 0. The number of carbonyl (C=O) groups excluding carboxylic acids is 1. The Kier molecular flexibility index (Phi) is 4.08. The first-order valence-electron chi connectivity index (χ1n) is 9.22. The van der Waals surface area contributed by atoms with E-state index in [9.17, 15) is 14.4 Å². The van der Waals surface area contributed by atoms with E-state index in [0.717, 1.165) is 26.6 Å². The Balaban J connectivity index is 1.56. The SMILES string of the molecule is Cc1ccc2oc(=O)c3cc(C(=O)Nc4ccc5c(C)cc(=O)oc5c4)sc3c2c1. The van der Waals surface area contributed by atoms with Crippen LogP contribution in [0, 0.1) is 13.8 Å². The van der Waals surface area contributed by atoms with Gasteiger partial charge in [-0.2, -0.15) is 0 Å². The Morgan fingerprint density at radius 2 is 1.70 bits per heavy atom. The second-order valence-corrected chi connectivity index (χ2v) is 8.21. The fourth-order valence-corrected chi connectivity index (χ4v) is 4.58. The van der Waals surface area contributed by atoms with Gasteiger partial charge in [-0.1, -0.05) is 11.6 Å². The predicted octanol–water partition coefficient (Wildman–Crippen LogP) is 4.98. The van der Waals surface area contributed by atoms with Crippen LogP contribution in [-0.2, 0) is 0 Å². The van der Waals surface area contributed by atoms with Crippen molar-refractivity contribution >= 4 is 55.0 Å². The molecule has 0 aliphatic rings. The number of hydrogen-bond donors (Lipinski definition) is 1. The highest BCUT2D eigenvalue weighted by atomic mass is 32.1. The largest absolute Gasteiger partial charge is 0.423 e. The molecule has 0 aliphatic heterocycles. The number of thiophene rings is 1. The monoisotopic (exact) mass is 417 g/mol. The van der Waals surface area contributed by atoms with Crippen LogP contribution >= 0.6 is 11.3 Å². The molecule has 30 heavy (non-hydrogen) atoms. The normalized spacial score (nSPS) is 11.4. The molecule has 3 aromatic heterocycles. The van der Waals surface area contributed by atoms with Gasteiger partial charge < -0.3 is 14.2 Å². The van der Waals surface area contributed by atoms with Crippen LogP contribution in [0.4, 0.5) is 5.69 Å². The molecule has 1 N–H and O–H groups in total. The molecule has 2 aromatic carbocycles. The molecule has 5 rings (SSSR count). The van der Waals surface area contributed by atoms with Gasteiger partial charge in [0.1, 0.15) is 11.2 Å². The molecule has 0 aliphatic carbocycles. The lowest BCUT2D eigenvalue weighted by atomic mass is 10.1. The average molecular weight is 417 g/mol. The molecule has 0 fully saturated rings. The van der Waals surface area contributed by atoms with Crippen LogP contribution in [0.5, 0.6) is 0 Å². The zero-order valence-electron chi connectivity index (χ0n) is 16.1. The molecule has 0 bridgehead atoms. The van der Waals surface area contributed by atoms with Crippen molar-refractivity contribution in [2.45, 2.75) is 13.8 Å². The summed E-state index contributed by atoms with van der Waals surface area (Å²) in [5, 5.41) is 4.79. The lowest BCUT2D eigenvalue weighted by Gasteiger charge is -2.06. The molecule has 0 saturated carbocycles. The van der Waals surface area contributed by atoms with E-state index in [1.807, 2.05) is 26.0 Å². The highest BCUT2D eigenvalue weighted by Crippen LogP contribution is 2.31. The zero-order chi connectivity index (χ0) is 21.0. The lowest BCUT2D eigenvalue weighted by Crippen LogP contribution is -2.10. The third kappa shape index (κ3) is 3.00. The topological polar surface area (TPSA) is 89.5 Å². The standard InChI is InChI=1S/C23H15NO5S/c1-11-3-6-17-15(7-11)21-16(23(27)29-17)10-19(30-21)22(26)24-13-4-5-14-12(2)8-20(25)28-18(14)9-13/h3-10H,1-2H3,(H,24,26). The summed E-state index contributed by atoms with van der Waals surface area (Å²) in [5.74, 6) is -0.356. The number of rotatable bonds is 2. The first-order chi connectivity index (χ1) is 14.4. The Morgan fingerprint density at radius 3 is 2.53 bits per heavy atom. The average Bonchev–Trinajstić information content (AvgIpc) is 3.15. The minimum atomic E-state index is -0.473. The van der Waals surface area contributed by atoms with Gasteiger partial charge in [0.25, 0.3) is 5.91 Å². The number of nitrogens with one attached hydrogen (secondary N) is 1. The van der Waals surface area contributed by atoms with Gasteiger partial charge in [-0.05, 0) is 49.7 Å². The maximum absolute atomic E-state index is 12.8. The summed E-state index contributed by atoms with van der Waals surface area (Å²) in [6.45, 7) is 3.78. The molecule has 0 radical (unpaired) electrons. The van der Waals surface area contributed by atoms with Crippen LogP contribution in [-0.4, -0.2) is 5.91 Å². The summed E-state index contributed by atoms with van der Waals surface area (Å²) < 4.78 is 11.3. The van der Waals surface area contributed by atoms with Crippen LogP contribution in [0.3, 0.4) is 0 Å². The molecule has 0 atom stereocenters. The van der Waals surface area contributed by atoms with Gasteiger partial charge in [0.05, 0.1) is 15.0 Å². The molecule has 0 saturated heterocycles. The highest BCUT2D eigenvalue weighted by Gasteiger charge is 2.16. The number of carbonyl (C=O) groups is 1. The van der Waals surface area contributed by atoms with E-state index in [2.05, 4.69) is 5.32 Å². The second-order valence-electron chi connectivity index (χ2n) is 7.16. The summed E-state index contributed by atoms with van der Waals surface area (Å²) in [6.07, 6.45) is 0. The van der Waals surface area contributed by atoms with Crippen molar-refractivity contribution in [1.82, 2.24) is 0 Å².